The second-order valence-corrected chi connectivity index (χ2v) is 1.97. The Labute approximate surface area is 47.9 Å². The van der Waals surface area contributed by atoms with Gasteiger partial charge in [-0.25, -0.2) is 0 Å². The molecule has 48 valence electrons. The van der Waals surface area contributed by atoms with E-state index in [-0.39, 0.29) is 12.7 Å². The standard InChI is InChI=1S/C5H10O3/c6-3-4-1-2-5(7)8-4/h4-7H,1-3H2/t4?,5-/m1/s1. The lowest BCUT2D eigenvalue weighted by Crippen LogP contribution is -2.13. The summed E-state index contributed by atoms with van der Waals surface area (Å²) in [4.78, 5) is 0. The molecular formula is C5H10O3. The number of hydrogen-bond donors (Lipinski definition) is 2. The van der Waals surface area contributed by atoms with Gasteiger partial charge >= 0.3 is 0 Å². The lowest BCUT2D eigenvalue weighted by molar-refractivity contribution is -0.101. The number of ether oxygens (including phenoxy) is 1. The monoisotopic (exact) mass is 118 g/mol. The van der Waals surface area contributed by atoms with E-state index in [4.69, 9.17) is 14.9 Å². The highest BCUT2D eigenvalue weighted by molar-refractivity contribution is 4.64. The molecule has 1 rings (SSSR count). The van der Waals surface area contributed by atoms with Crippen LogP contribution < -0.4 is 0 Å². The molecular weight excluding hydrogens is 108 g/mol. The molecule has 0 amide bonds. The van der Waals surface area contributed by atoms with Crippen molar-refractivity contribution in [1.82, 2.24) is 0 Å². The van der Waals surface area contributed by atoms with E-state index >= 15 is 0 Å². The van der Waals surface area contributed by atoms with Crippen LogP contribution >= 0.6 is 0 Å². The summed E-state index contributed by atoms with van der Waals surface area (Å²) >= 11 is 0. The minimum Gasteiger partial charge on any atom is -0.394 e. The fourth-order valence-electron chi connectivity index (χ4n) is 0.821. The Morgan fingerprint density at radius 3 is 2.50 bits per heavy atom. The van der Waals surface area contributed by atoms with E-state index in [1.807, 2.05) is 0 Å². The molecule has 1 unspecified atom stereocenters. The Balaban J connectivity index is 2.22. The maximum absolute atomic E-state index is 8.70. The molecule has 0 aromatic rings. The number of hydrogen-bond acceptors (Lipinski definition) is 3. The largest absolute Gasteiger partial charge is 0.394 e. The molecule has 0 aromatic carbocycles. The van der Waals surface area contributed by atoms with Gasteiger partial charge in [0.1, 0.15) is 0 Å². The van der Waals surface area contributed by atoms with Crippen molar-refractivity contribution in [2.75, 3.05) is 6.61 Å². The van der Waals surface area contributed by atoms with Crippen LogP contribution in [-0.2, 0) is 4.74 Å². The Kier molecular flexibility index (Phi) is 1.83. The molecule has 0 saturated carbocycles. The lowest BCUT2D eigenvalue weighted by atomic mass is 10.2. The molecule has 2 atom stereocenters. The predicted molar refractivity (Wildman–Crippen MR) is 27.2 cm³/mol. The third kappa shape index (κ3) is 1.18. The topological polar surface area (TPSA) is 49.7 Å². The average Bonchev–Trinajstić information content (AvgIpc) is 2.14. The van der Waals surface area contributed by atoms with Gasteiger partial charge in [0, 0.05) is 6.42 Å². The third-order valence-corrected chi connectivity index (χ3v) is 1.29. The summed E-state index contributed by atoms with van der Waals surface area (Å²) in [7, 11) is 0. The first-order chi connectivity index (χ1) is 3.83. The molecule has 1 aliphatic rings. The molecule has 0 bridgehead atoms. The lowest BCUT2D eigenvalue weighted by Gasteiger charge is -2.04. The molecule has 0 aliphatic carbocycles. The smallest absolute Gasteiger partial charge is 0.155 e. The molecule has 2 N–H and O–H groups in total. The zero-order valence-electron chi connectivity index (χ0n) is 4.58. The highest BCUT2D eigenvalue weighted by Crippen LogP contribution is 2.16. The van der Waals surface area contributed by atoms with Crippen molar-refractivity contribution in [3.63, 3.8) is 0 Å². The predicted octanol–water partition coefficient (Wildman–Crippen LogP) is -0.524. The fourth-order valence-corrected chi connectivity index (χ4v) is 0.821. The SMILES string of the molecule is OCC1CC[C@H](O)O1. The molecule has 1 heterocycles. The Morgan fingerprint density at radius 2 is 2.25 bits per heavy atom. The second kappa shape index (κ2) is 2.44. The van der Waals surface area contributed by atoms with Crippen molar-refractivity contribution < 1.29 is 14.9 Å². The van der Waals surface area contributed by atoms with E-state index < -0.39 is 6.29 Å². The maximum atomic E-state index is 8.70. The van der Waals surface area contributed by atoms with Gasteiger partial charge in [-0.2, -0.15) is 0 Å². The van der Waals surface area contributed by atoms with Gasteiger partial charge in [0.05, 0.1) is 12.7 Å². The van der Waals surface area contributed by atoms with Crippen molar-refractivity contribution >= 4 is 0 Å². The van der Waals surface area contributed by atoms with Gasteiger partial charge in [0.2, 0.25) is 0 Å². The van der Waals surface area contributed by atoms with Crippen LogP contribution in [0.5, 0.6) is 0 Å². The molecule has 1 fully saturated rings. The van der Waals surface area contributed by atoms with Crippen LogP contribution in [0, 0.1) is 0 Å². The first-order valence-electron chi connectivity index (χ1n) is 2.77. The zero-order chi connectivity index (χ0) is 5.98. The molecule has 0 spiro atoms. The van der Waals surface area contributed by atoms with Crippen molar-refractivity contribution in [3.8, 4) is 0 Å². The maximum Gasteiger partial charge on any atom is 0.155 e. The molecule has 3 nitrogen and oxygen atoms in total. The highest BCUT2D eigenvalue weighted by Gasteiger charge is 2.21. The molecule has 1 aliphatic heterocycles. The van der Waals surface area contributed by atoms with E-state index in [1.165, 1.54) is 0 Å². The summed E-state index contributed by atoms with van der Waals surface area (Å²) in [5.41, 5.74) is 0. The first kappa shape index (κ1) is 6.01. The van der Waals surface area contributed by atoms with E-state index in [0.29, 0.717) is 6.42 Å². The Hall–Kier alpha value is -0.120. The second-order valence-electron chi connectivity index (χ2n) is 1.97. The molecule has 8 heavy (non-hydrogen) atoms. The molecule has 1 saturated heterocycles. The van der Waals surface area contributed by atoms with Gasteiger partial charge in [-0.05, 0) is 6.42 Å². The van der Waals surface area contributed by atoms with Crippen LogP contribution in [0.3, 0.4) is 0 Å². The van der Waals surface area contributed by atoms with Gasteiger partial charge in [-0.1, -0.05) is 0 Å². The number of aliphatic hydroxyl groups excluding tert-OH is 2. The van der Waals surface area contributed by atoms with Crippen LogP contribution in [0.25, 0.3) is 0 Å². The normalized spacial score (nSPS) is 38.2. The van der Waals surface area contributed by atoms with Crippen molar-refractivity contribution in [2.45, 2.75) is 25.2 Å². The van der Waals surface area contributed by atoms with Crippen LogP contribution in [0.1, 0.15) is 12.8 Å². The van der Waals surface area contributed by atoms with Crippen molar-refractivity contribution in [2.24, 2.45) is 0 Å². The number of aliphatic hydroxyl groups is 2. The zero-order valence-corrected chi connectivity index (χ0v) is 4.58. The number of rotatable bonds is 1. The summed E-state index contributed by atoms with van der Waals surface area (Å²) in [6.07, 6.45) is 0.681. The van der Waals surface area contributed by atoms with E-state index in [0.717, 1.165) is 6.42 Å². The summed E-state index contributed by atoms with van der Waals surface area (Å²) in [6.45, 7) is 0.0249. The van der Waals surface area contributed by atoms with Crippen molar-refractivity contribution in [3.05, 3.63) is 0 Å². The van der Waals surface area contributed by atoms with Crippen LogP contribution in [0.2, 0.25) is 0 Å². The summed E-state index contributed by atoms with van der Waals surface area (Å²) in [5, 5.41) is 17.1. The minimum absolute atomic E-state index is 0.0249. The average molecular weight is 118 g/mol. The van der Waals surface area contributed by atoms with Gasteiger partial charge in [-0.3, -0.25) is 0 Å². The van der Waals surface area contributed by atoms with Crippen LogP contribution in [0.4, 0.5) is 0 Å². The van der Waals surface area contributed by atoms with Crippen LogP contribution in [0.15, 0.2) is 0 Å². The van der Waals surface area contributed by atoms with Gasteiger partial charge in [-0.15, -0.1) is 0 Å². The van der Waals surface area contributed by atoms with E-state index in [9.17, 15) is 0 Å². The minimum atomic E-state index is -0.632. The van der Waals surface area contributed by atoms with E-state index in [2.05, 4.69) is 0 Å². The highest BCUT2D eigenvalue weighted by atomic mass is 16.6. The Morgan fingerprint density at radius 1 is 1.50 bits per heavy atom. The molecule has 0 radical (unpaired) electrons. The van der Waals surface area contributed by atoms with Gasteiger partial charge < -0.3 is 14.9 Å². The van der Waals surface area contributed by atoms with Crippen molar-refractivity contribution in [1.29, 1.82) is 0 Å². The molecule has 0 aromatic heterocycles. The van der Waals surface area contributed by atoms with Gasteiger partial charge in [0.15, 0.2) is 6.29 Å². The summed E-state index contributed by atoms with van der Waals surface area (Å²) in [5.74, 6) is 0. The van der Waals surface area contributed by atoms with E-state index in [1.54, 1.807) is 0 Å². The molecule has 3 heteroatoms. The fraction of sp³-hybridized carbons (Fsp3) is 1.00. The summed E-state index contributed by atoms with van der Waals surface area (Å²) < 4.78 is 4.82. The first-order valence-corrected chi connectivity index (χ1v) is 2.77. The van der Waals surface area contributed by atoms with Gasteiger partial charge in [0.25, 0.3) is 0 Å². The quantitative estimate of drug-likeness (QED) is 0.487. The Bertz CT molecular complexity index is 74.1. The van der Waals surface area contributed by atoms with Crippen LogP contribution in [-0.4, -0.2) is 29.2 Å². The summed E-state index contributed by atoms with van der Waals surface area (Å²) in [6, 6.07) is 0. The third-order valence-electron chi connectivity index (χ3n) is 1.29.